The predicted octanol–water partition coefficient (Wildman–Crippen LogP) is 17.9. The van der Waals surface area contributed by atoms with Gasteiger partial charge in [-0.15, -0.1) is 0 Å². The van der Waals surface area contributed by atoms with E-state index in [1.807, 2.05) is 0 Å². The molecule has 0 fully saturated rings. The predicted molar refractivity (Wildman–Crippen MR) is 305 cm³/mol. The monoisotopic (exact) mass is 924 g/mol. The van der Waals surface area contributed by atoms with Crippen molar-refractivity contribution in [1.82, 2.24) is 0 Å². The topological polar surface area (TPSA) is 19.6 Å². The zero-order chi connectivity index (χ0) is 47.4. The average molecular weight is 925 g/mol. The summed E-state index contributed by atoms with van der Waals surface area (Å²) >= 11 is 0. The van der Waals surface area contributed by atoms with Crippen molar-refractivity contribution in [3.05, 3.63) is 242 Å². The van der Waals surface area contributed by atoms with Crippen LogP contribution in [0.1, 0.15) is 5.56 Å². The summed E-state index contributed by atoms with van der Waals surface area (Å²) in [7, 11) is -2.01. The van der Waals surface area contributed by atoms with Gasteiger partial charge in [0, 0.05) is 49.4 Å². The van der Waals surface area contributed by atoms with E-state index in [9.17, 15) is 0 Å². The van der Waals surface area contributed by atoms with E-state index < -0.39 is 8.07 Å². The summed E-state index contributed by atoms with van der Waals surface area (Å²) in [6, 6.07) is 87.3. The van der Waals surface area contributed by atoms with E-state index in [1.165, 1.54) is 81.6 Å². The zero-order valence-electron chi connectivity index (χ0n) is 39.8. The van der Waals surface area contributed by atoms with E-state index in [0.29, 0.717) is 0 Å². The van der Waals surface area contributed by atoms with Crippen LogP contribution in [0.5, 0.6) is 0 Å². The molecule has 2 heterocycles. The highest BCUT2D eigenvalue weighted by molar-refractivity contribution is 7.03. The Balaban J connectivity index is 1.12. The van der Waals surface area contributed by atoms with Gasteiger partial charge in [0.05, 0.1) is 17.1 Å². The van der Waals surface area contributed by atoms with Gasteiger partial charge in [-0.05, 0) is 122 Å². The minimum Gasteiger partial charge on any atom is -0.454 e. The van der Waals surface area contributed by atoms with Crippen LogP contribution in [0.4, 0.5) is 34.1 Å². The lowest BCUT2D eigenvalue weighted by atomic mass is 9.85. The number of hydrogen-bond acceptors (Lipinski definition) is 3. The van der Waals surface area contributed by atoms with Gasteiger partial charge >= 0.3 is 0 Å². The molecule has 0 atom stereocenters. The maximum atomic E-state index is 6.89. The second kappa shape index (κ2) is 15.9. The van der Waals surface area contributed by atoms with Gasteiger partial charge in [-0.25, -0.2) is 0 Å². The fourth-order valence-electron chi connectivity index (χ4n) is 12.0. The van der Waals surface area contributed by atoms with Crippen molar-refractivity contribution >= 4 is 107 Å². The first-order chi connectivity index (χ1) is 34.9. The lowest BCUT2D eigenvalue weighted by Crippen LogP contribution is -2.49. The highest BCUT2D eigenvalue weighted by Gasteiger charge is 2.38. The number of nitrogens with zero attached hydrogens (tertiary/aromatic N) is 2. The first-order valence-corrected chi connectivity index (χ1v) is 27.7. The summed E-state index contributed by atoms with van der Waals surface area (Å²) in [6.07, 6.45) is 0. The summed E-state index contributed by atoms with van der Waals surface area (Å²) < 4.78 is 6.89. The molecule has 12 aromatic carbocycles. The molecule has 0 aliphatic carbocycles. The Hall–Kier alpha value is -8.70. The maximum Gasteiger partial charge on any atom is 0.159 e. The van der Waals surface area contributed by atoms with E-state index in [-0.39, 0.29) is 0 Å². The van der Waals surface area contributed by atoms with Crippen molar-refractivity contribution in [2.45, 2.75) is 20.0 Å². The van der Waals surface area contributed by atoms with E-state index in [1.54, 1.807) is 0 Å². The molecule has 1 aromatic heterocycles. The lowest BCUT2D eigenvalue weighted by Gasteiger charge is -2.32. The lowest BCUT2D eigenvalue weighted by molar-refractivity contribution is 0.669. The molecular formula is C67H48N2OSi. The minimum atomic E-state index is -2.01. The van der Waals surface area contributed by atoms with Gasteiger partial charge < -0.3 is 14.2 Å². The molecule has 71 heavy (non-hydrogen) atoms. The molecule has 14 rings (SSSR count). The maximum absolute atomic E-state index is 6.89. The van der Waals surface area contributed by atoms with Crippen molar-refractivity contribution in [3.63, 3.8) is 0 Å². The molecule has 0 radical (unpaired) electrons. The van der Waals surface area contributed by atoms with Crippen LogP contribution >= 0.6 is 0 Å². The van der Waals surface area contributed by atoms with Gasteiger partial charge in [0.2, 0.25) is 0 Å². The summed E-state index contributed by atoms with van der Waals surface area (Å²) in [4.78, 5) is 4.98. The second-order valence-electron chi connectivity index (χ2n) is 19.6. The molecule has 0 unspecified atom stereocenters. The average Bonchev–Trinajstić information content (AvgIpc) is 3.92. The van der Waals surface area contributed by atoms with Crippen LogP contribution in [0.3, 0.4) is 0 Å². The fraction of sp³-hybridized carbons (Fsp3) is 0.0448. The third-order valence-corrected chi connectivity index (χ3v) is 18.9. The summed E-state index contributed by atoms with van der Waals surface area (Å²) in [6.45, 7) is 7.23. The molecule has 13 aromatic rings. The second-order valence-corrected chi connectivity index (χ2v) is 24.0. The first-order valence-electron chi connectivity index (χ1n) is 24.7. The van der Waals surface area contributed by atoms with Crippen LogP contribution < -0.4 is 20.2 Å². The third-order valence-electron chi connectivity index (χ3n) is 15.3. The van der Waals surface area contributed by atoms with Crippen LogP contribution in [0.2, 0.25) is 13.1 Å². The van der Waals surface area contributed by atoms with E-state index in [2.05, 4.69) is 266 Å². The molecule has 0 spiro atoms. The van der Waals surface area contributed by atoms with Crippen molar-refractivity contribution in [3.8, 4) is 33.4 Å². The SMILES string of the molecule is Cc1ccccc1N(c1cc(-c2ccccc2)c2ccc3c(N(c4ccccc4)c4ccc5c(c4)[Si](C)(C)c4ccccc4-5)cc(-c4ccccc4)c4ccc1c2c43)c1cccc2c1oc1ccccc12. The summed E-state index contributed by atoms with van der Waals surface area (Å²) in [5.74, 6) is 0. The van der Waals surface area contributed by atoms with Crippen LogP contribution in [0.25, 0.3) is 87.6 Å². The molecule has 336 valence electrons. The molecule has 4 heteroatoms. The molecule has 0 saturated heterocycles. The van der Waals surface area contributed by atoms with Crippen LogP contribution in [-0.2, 0) is 0 Å². The first kappa shape index (κ1) is 41.3. The number of aryl methyl sites for hydroxylation is 1. The van der Waals surface area contributed by atoms with E-state index in [4.69, 9.17) is 4.42 Å². The molecule has 1 aliphatic heterocycles. The number of para-hydroxylation sites is 4. The van der Waals surface area contributed by atoms with Gasteiger partial charge in [-0.2, -0.15) is 0 Å². The highest BCUT2D eigenvalue weighted by Crippen LogP contribution is 2.53. The number of hydrogen-bond donors (Lipinski definition) is 0. The zero-order valence-corrected chi connectivity index (χ0v) is 40.8. The number of anilines is 6. The number of fused-ring (bicyclic) bond motifs is 6. The van der Waals surface area contributed by atoms with Gasteiger partial charge in [-0.3, -0.25) is 0 Å². The smallest absolute Gasteiger partial charge is 0.159 e. The number of benzene rings is 12. The van der Waals surface area contributed by atoms with Crippen molar-refractivity contribution in [2.24, 2.45) is 0 Å². The molecular weight excluding hydrogens is 877 g/mol. The Morgan fingerprint density at radius 3 is 1.56 bits per heavy atom. The Kier molecular flexibility index (Phi) is 9.26. The minimum absolute atomic E-state index is 0.861. The summed E-state index contributed by atoms with van der Waals surface area (Å²) in [5, 5.41) is 12.5. The van der Waals surface area contributed by atoms with E-state index >= 15 is 0 Å². The quantitative estimate of drug-likeness (QED) is 0.112. The largest absolute Gasteiger partial charge is 0.454 e. The molecule has 0 saturated carbocycles. The Bertz CT molecular complexity index is 4220. The Labute approximate surface area is 414 Å². The molecule has 0 N–H and O–H groups in total. The van der Waals surface area contributed by atoms with Gasteiger partial charge in [0.1, 0.15) is 13.7 Å². The fourth-order valence-corrected chi connectivity index (χ4v) is 15.1. The van der Waals surface area contributed by atoms with Crippen LogP contribution in [0.15, 0.2) is 241 Å². The molecule has 3 nitrogen and oxygen atoms in total. The number of furan rings is 1. The molecule has 0 bridgehead atoms. The van der Waals surface area contributed by atoms with Gasteiger partial charge in [0.25, 0.3) is 0 Å². The van der Waals surface area contributed by atoms with Crippen molar-refractivity contribution in [1.29, 1.82) is 0 Å². The van der Waals surface area contributed by atoms with Crippen molar-refractivity contribution < 1.29 is 4.42 Å². The van der Waals surface area contributed by atoms with Gasteiger partial charge in [-0.1, -0.05) is 195 Å². The highest BCUT2D eigenvalue weighted by atomic mass is 28.3. The summed E-state index contributed by atoms with van der Waals surface area (Å²) in [5.41, 5.74) is 17.0. The van der Waals surface area contributed by atoms with E-state index in [0.717, 1.165) is 56.1 Å². The standard InChI is InChI=1S/C67H48N2OSi/c1-43-20-13-16-30-58(43)69(59-31-19-29-53-48-27-14-17-32-62(48)70-67(53)59)61-42-57(45-23-9-5-10-24-45)52-36-38-54-60(41-56(44-21-7-4-8-22-44)51-37-39-55(61)66(52)65(51)54)68(46-25-11-6-12-26-46)47-34-35-50-49-28-15-18-33-63(49)71(2,3)64(50)40-47/h4-42H,1-3H3. The van der Waals surface area contributed by atoms with Crippen molar-refractivity contribution in [2.75, 3.05) is 9.80 Å². The van der Waals surface area contributed by atoms with Crippen LogP contribution in [-0.4, -0.2) is 8.07 Å². The van der Waals surface area contributed by atoms with Crippen LogP contribution in [0, 0.1) is 6.92 Å². The van der Waals surface area contributed by atoms with Gasteiger partial charge in [0.15, 0.2) is 5.58 Å². The number of rotatable bonds is 8. The third kappa shape index (κ3) is 6.28. The molecule has 1 aliphatic rings. The molecule has 0 amide bonds. The normalized spacial score (nSPS) is 12.8. The Morgan fingerprint density at radius 1 is 0.338 bits per heavy atom. The Morgan fingerprint density at radius 2 is 0.873 bits per heavy atom.